The van der Waals surface area contributed by atoms with Crippen LogP contribution in [0.5, 0.6) is 5.75 Å². The predicted octanol–water partition coefficient (Wildman–Crippen LogP) is 6.68. The van der Waals surface area contributed by atoms with Crippen LogP contribution >= 0.6 is 23.4 Å². The molecule has 1 heterocycles. The van der Waals surface area contributed by atoms with E-state index in [1.54, 1.807) is 72.8 Å². The van der Waals surface area contributed by atoms with Crippen molar-refractivity contribution in [3.05, 3.63) is 94.0 Å². The number of imide groups is 1. The summed E-state index contributed by atoms with van der Waals surface area (Å²) in [4.78, 5) is 41.5. The molecule has 1 N–H and O–H groups in total. The Hall–Kier alpha value is -3.75. The van der Waals surface area contributed by atoms with Crippen molar-refractivity contribution in [2.75, 3.05) is 23.4 Å². The van der Waals surface area contributed by atoms with Gasteiger partial charge in [0.05, 0.1) is 24.5 Å². The van der Waals surface area contributed by atoms with E-state index in [4.69, 9.17) is 21.1 Å². The SMILES string of the molecule is CCCCOC(=O)c1ccc(N2C(=O)C(Nc3ccc(OCC)cc3)=C(Sc3ccc(Cl)cc3)C2=O)cc1. The van der Waals surface area contributed by atoms with Crippen molar-refractivity contribution in [3.8, 4) is 5.75 Å². The van der Waals surface area contributed by atoms with Gasteiger partial charge in [0.1, 0.15) is 16.4 Å². The van der Waals surface area contributed by atoms with Crippen LogP contribution in [0.1, 0.15) is 37.0 Å². The highest BCUT2D eigenvalue weighted by Crippen LogP contribution is 2.38. The smallest absolute Gasteiger partial charge is 0.338 e. The number of hydrogen-bond acceptors (Lipinski definition) is 7. The summed E-state index contributed by atoms with van der Waals surface area (Å²) < 4.78 is 10.7. The van der Waals surface area contributed by atoms with Crippen molar-refractivity contribution in [3.63, 3.8) is 0 Å². The van der Waals surface area contributed by atoms with Crippen LogP contribution in [0.25, 0.3) is 0 Å². The van der Waals surface area contributed by atoms with E-state index in [1.807, 2.05) is 13.8 Å². The number of nitrogens with one attached hydrogen (secondary N) is 1. The van der Waals surface area contributed by atoms with Gasteiger partial charge in [-0.25, -0.2) is 9.69 Å². The lowest BCUT2D eigenvalue weighted by molar-refractivity contribution is -0.120. The number of benzene rings is 3. The number of ether oxygens (including phenoxy) is 2. The van der Waals surface area contributed by atoms with Crippen molar-refractivity contribution in [2.45, 2.75) is 31.6 Å². The molecular formula is C29H27ClN2O5S. The van der Waals surface area contributed by atoms with Gasteiger partial charge in [0.25, 0.3) is 11.8 Å². The van der Waals surface area contributed by atoms with E-state index in [0.29, 0.717) is 40.9 Å². The van der Waals surface area contributed by atoms with Crippen molar-refractivity contribution in [1.29, 1.82) is 0 Å². The molecule has 0 unspecified atom stereocenters. The number of esters is 1. The third-order valence-electron chi connectivity index (χ3n) is 5.60. The number of carbonyl (C=O) groups excluding carboxylic acids is 3. The number of halogens is 1. The number of amides is 2. The molecule has 0 fully saturated rings. The number of thioether (sulfide) groups is 1. The average molecular weight is 551 g/mol. The maximum Gasteiger partial charge on any atom is 0.338 e. The Balaban J connectivity index is 1.61. The Morgan fingerprint density at radius 1 is 0.921 bits per heavy atom. The third-order valence-corrected chi connectivity index (χ3v) is 6.94. The first-order valence-corrected chi connectivity index (χ1v) is 13.4. The van der Waals surface area contributed by atoms with Crippen LogP contribution in [0.15, 0.2) is 88.3 Å². The van der Waals surface area contributed by atoms with Gasteiger partial charge in [-0.05, 0) is 86.1 Å². The molecule has 1 aliphatic rings. The average Bonchev–Trinajstić information content (AvgIpc) is 3.15. The molecule has 3 aromatic rings. The van der Waals surface area contributed by atoms with Crippen LogP contribution < -0.4 is 15.0 Å². The maximum absolute atomic E-state index is 13.6. The second-order valence-electron chi connectivity index (χ2n) is 8.32. The quantitative estimate of drug-likeness (QED) is 0.162. The minimum atomic E-state index is -0.501. The predicted molar refractivity (Wildman–Crippen MR) is 150 cm³/mol. The van der Waals surface area contributed by atoms with Gasteiger partial charge in [0.15, 0.2) is 0 Å². The largest absolute Gasteiger partial charge is 0.494 e. The van der Waals surface area contributed by atoms with Crippen LogP contribution in [0.2, 0.25) is 5.02 Å². The van der Waals surface area contributed by atoms with Crippen LogP contribution in [-0.4, -0.2) is 31.0 Å². The molecule has 2 amide bonds. The summed E-state index contributed by atoms with van der Waals surface area (Å²) in [6, 6.07) is 20.4. The number of anilines is 2. The van der Waals surface area contributed by atoms with Gasteiger partial charge < -0.3 is 14.8 Å². The molecule has 0 saturated heterocycles. The highest BCUT2D eigenvalue weighted by Gasteiger charge is 2.40. The van der Waals surface area contributed by atoms with Gasteiger partial charge >= 0.3 is 5.97 Å². The Labute approximate surface area is 230 Å². The fourth-order valence-corrected chi connectivity index (χ4v) is 4.71. The Morgan fingerprint density at radius 2 is 1.61 bits per heavy atom. The van der Waals surface area contributed by atoms with Crippen LogP contribution in [0.4, 0.5) is 11.4 Å². The van der Waals surface area contributed by atoms with Gasteiger partial charge in [0, 0.05) is 15.6 Å². The van der Waals surface area contributed by atoms with Crippen molar-refractivity contribution in [1.82, 2.24) is 0 Å². The lowest BCUT2D eigenvalue weighted by Crippen LogP contribution is -2.32. The zero-order chi connectivity index (χ0) is 27.1. The van der Waals surface area contributed by atoms with Gasteiger partial charge in [0.2, 0.25) is 0 Å². The molecule has 0 aromatic heterocycles. The molecule has 4 rings (SSSR count). The van der Waals surface area contributed by atoms with Crippen molar-refractivity contribution < 1.29 is 23.9 Å². The van der Waals surface area contributed by atoms with Gasteiger partial charge in [-0.3, -0.25) is 9.59 Å². The Bertz CT molecular complexity index is 1340. The summed E-state index contributed by atoms with van der Waals surface area (Å²) in [6.45, 7) is 4.79. The summed E-state index contributed by atoms with van der Waals surface area (Å²) in [7, 11) is 0. The molecule has 0 atom stereocenters. The van der Waals surface area contributed by atoms with Gasteiger partial charge in [-0.15, -0.1) is 0 Å². The molecule has 196 valence electrons. The first-order chi connectivity index (χ1) is 18.4. The van der Waals surface area contributed by atoms with Crippen LogP contribution in [-0.2, 0) is 14.3 Å². The molecule has 9 heteroatoms. The van der Waals surface area contributed by atoms with E-state index in [2.05, 4.69) is 5.32 Å². The van der Waals surface area contributed by atoms with Crippen LogP contribution in [0, 0.1) is 0 Å². The molecular weight excluding hydrogens is 524 g/mol. The lowest BCUT2D eigenvalue weighted by atomic mass is 10.2. The van der Waals surface area contributed by atoms with Crippen molar-refractivity contribution >= 4 is 52.5 Å². The van der Waals surface area contributed by atoms with E-state index >= 15 is 0 Å². The summed E-state index contributed by atoms with van der Waals surface area (Å²) in [6.07, 6.45) is 1.70. The van der Waals surface area contributed by atoms with Crippen LogP contribution in [0.3, 0.4) is 0 Å². The fraction of sp³-hybridized carbons (Fsp3) is 0.207. The number of hydrogen-bond donors (Lipinski definition) is 1. The first-order valence-electron chi connectivity index (χ1n) is 12.2. The van der Waals surface area contributed by atoms with E-state index < -0.39 is 17.8 Å². The monoisotopic (exact) mass is 550 g/mol. The standard InChI is InChI=1S/C29H27ClN2O5S/c1-3-5-18-37-29(35)19-6-12-22(13-7-19)32-27(33)25(31-21-10-14-23(15-11-21)36-4-2)26(28(32)34)38-24-16-8-20(30)9-17-24/h6-17,31H,3-5,18H2,1-2H3. The highest BCUT2D eigenvalue weighted by molar-refractivity contribution is 8.04. The number of carbonyl (C=O) groups is 3. The summed E-state index contributed by atoms with van der Waals surface area (Å²) in [5, 5.41) is 3.69. The van der Waals surface area contributed by atoms with E-state index in [1.165, 1.54) is 11.8 Å². The lowest BCUT2D eigenvalue weighted by Gasteiger charge is -2.16. The van der Waals surface area contributed by atoms with Gasteiger partial charge in [-0.2, -0.15) is 0 Å². The molecule has 0 aliphatic carbocycles. The summed E-state index contributed by atoms with van der Waals surface area (Å²) >= 11 is 7.19. The van der Waals surface area contributed by atoms with Crippen molar-refractivity contribution in [2.24, 2.45) is 0 Å². The summed E-state index contributed by atoms with van der Waals surface area (Å²) in [5.41, 5.74) is 1.48. The van der Waals surface area contributed by atoms with E-state index in [0.717, 1.165) is 22.6 Å². The Morgan fingerprint density at radius 3 is 2.24 bits per heavy atom. The number of rotatable bonds is 11. The molecule has 0 spiro atoms. The zero-order valence-electron chi connectivity index (χ0n) is 21.0. The molecule has 3 aromatic carbocycles. The van der Waals surface area contributed by atoms with Gasteiger partial charge in [-0.1, -0.05) is 36.7 Å². The normalized spacial score (nSPS) is 13.2. The zero-order valence-corrected chi connectivity index (χ0v) is 22.6. The molecule has 0 radical (unpaired) electrons. The fourth-order valence-electron chi connectivity index (χ4n) is 3.65. The second-order valence-corrected chi connectivity index (χ2v) is 9.84. The number of unbranched alkanes of at least 4 members (excludes halogenated alkanes) is 1. The molecule has 7 nitrogen and oxygen atoms in total. The van der Waals surface area contributed by atoms with E-state index in [-0.39, 0.29) is 10.6 Å². The maximum atomic E-state index is 13.6. The molecule has 38 heavy (non-hydrogen) atoms. The summed E-state index contributed by atoms with van der Waals surface area (Å²) in [5.74, 6) is -0.717. The molecule has 0 bridgehead atoms. The number of nitrogens with zero attached hydrogens (tertiary/aromatic N) is 1. The topological polar surface area (TPSA) is 84.9 Å². The molecule has 0 saturated carbocycles. The molecule has 1 aliphatic heterocycles. The Kier molecular flexibility index (Phi) is 9.10. The third kappa shape index (κ3) is 6.38. The highest BCUT2D eigenvalue weighted by atomic mass is 35.5. The first kappa shape index (κ1) is 27.3. The minimum Gasteiger partial charge on any atom is -0.494 e. The minimum absolute atomic E-state index is 0.155. The van der Waals surface area contributed by atoms with E-state index in [9.17, 15) is 14.4 Å². The second kappa shape index (κ2) is 12.7.